The molecule has 2 rings (SSSR count). The van der Waals surface area contributed by atoms with Crippen LogP contribution >= 0.6 is 11.6 Å². The molecular weight excluding hydrogens is 214 g/mol. The topological polar surface area (TPSA) is 39.9 Å². The second kappa shape index (κ2) is 4.42. The van der Waals surface area contributed by atoms with E-state index >= 15 is 0 Å². The number of ether oxygens (including phenoxy) is 1. The standard InChI is InChI=1S/C10H10ClN3O/c1-15-6-10-13-12-7-14(10)9-4-2-8(11)3-5-9/h2-5,7H,6H2,1H3. The van der Waals surface area contributed by atoms with Gasteiger partial charge in [-0.15, -0.1) is 10.2 Å². The molecule has 0 unspecified atom stereocenters. The smallest absolute Gasteiger partial charge is 0.163 e. The molecule has 4 nitrogen and oxygen atoms in total. The predicted molar refractivity (Wildman–Crippen MR) is 57.1 cm³/mol. The summed E-state index contributed by atoms with van der Waals surface area (Å²) >= 11 is 5.81. The lowest BCUT2D eigenvalue weighted by molar-refractivity contribution is 0.176. The van der Waals surface area contributed by atoms with Crippen LogP contribution in [-0.4, -0.2) is 21.9 Å². The zero-order chi connectivity index (χ0) is 10.7. The average molecular weight is 224 g/mol. The molecule has 0 saturated heterocycles. The molecule has 0 radical (unpaired) electrons. The summed E-state index contributed by atoms with van der Waals surface area (Å²) in [6.45, 7) is 0.433. The van der Waals surface area contributed by atoms with Gasteiger partial charge >= 0.3 is 0 Å². The highest BCUT2D eigenvalue weighted by molar-refractivity contribution is 6.30. The second-order valence-corrected chi connectivity index (χ2v) is 3.46. The van der Waals surface area contributed by atoms with Gasteiger partial charge in [-0.2, -0.15) is 0 Å². The molecule has 0 amide bonds. The van der Waals surface area contributed by atoms with Gasteiger partial charge < -0.3 is 4.74 Å². The maximum Gasteiger partial charge on any atom is 0.163 e. The van der Waals surface area contributed by atoms with E-state index in [1.54, 1.807) is 13.4 Å². The van der Waals surface area contributed by atoms with Crippen molar-refractivity contribution in [1.82, 2.24) is 14.8 Å². The maximum absolute atomic E-state index is 5.81. The van der Waals surface area contributed by atoms with Crippen LogP contribution in [0.15, 0.2) is 30.6 Å². The van der Waals surface area contributed by atoms with Crippen LogP contribution in [0.3, 0.4) is 0 Å². The number of aromatic nitrogens is 3. The number of hydrogen-bond acceptors (Lipinski definition) is 3. The Hall–Kier alpha value is -1.39. The van der Waals surface area contributed by atoms with Crippen molar-refractivity contribution in [3.63, 3.8) is 0 Å². The van der Waals surface area contributed by atoms with E-state index in [1.807, 2.05) is 28.8 Å². The summed E-state index contributed by atoms with van der Waals surface area (Å²) in [4.78, 5) is 0. The molecule has 0 bridgehead atoms. The lowest BCUT2D eigenvalue weighted by atomic mass is 10.3. The van der Waals surface area contributed by atoms with Crippen molar-refractivity contribution in [1.29, 1.82) is 0 Å². The van der Waals surface area contributed by atoms with E-state index in [9.17, 15) is 0 Å². The van der Waals surface area contributed by atoms with E-state index in [0.29, 0.717) is 11.6 Å². The number of halogens is 1. The van der Waals surface area contributed by atoms with Crippen LogP contribution in [0.1, 0.15) is 5.82 Å². The Kier molecular flexibility index (Phi) is 2.99. The fraction of sp³-hybridized carbons (Fsp3) is 0.200. The van der Waals surface area contributed by atoms with Crippen molar-refractivity contribution >= 4 is 11.6 Å². The average Bonchev–Trinajstić information content (AvgIpc) is 2.68. The minimum Gasteiger partial charge on any atom is -0.377 e. The first-order valence-electron chi connectivity index (χ1n) is 4.45. The first-order chi connectivity index (χ1) is 7.31. The van der Waals surface area contributed by atoms with Gasteiger partial charge in [-0.25, -0.2) is 0 Å². The van der Waals surface area contributed by atoms with Crippen molar-refractivity contribution in [2.24, 2.45) is 0 Å². The van der Waals surface area contributed by atoms with Crippen LogP contribution in [0.5, 0.6) is 0 Å². The monoisotopic (exact) mass is 223 g/mol. The molecule has 1 aromatic carbocycles. The van der Waals surface area contributed by atoms with Gasteiger partial charge in [0.05, 0.1) is 0 Å². The Morgan fingerprint density at radius 3 is 2.73 bits per heavy atom. The molecule has 0 aliphatic rings. The summed E-state index contributed by atoms with van der Waals surface area (Å²) in [7, 11) is 1.63. The van der Waals surface area contributed by atoms with Gasteiger partial charge in [0.1, 0.15) is 12.9 Å². The van der Waals surface area contributed by atoms with Crippen molar-refractivity contribution in [2.75, 3.05) is 7.11 Å². The fourth-order valence-corrected chi connectivity index (χ4v) is 1.43. The SMILES string of the molecule is COCc1nncn1-c1ccc(Cl)cc1. The first kappa shape index (κ1) is 10.1. The summed E-state index contributed by atoms with van der Waals surface area (Å²) in [5.41, 5.74) is 0.969. The molecule has 1 aromatic heterocycles. The summed E-state index contributed by atoms with van der Waals surface area (Å²) in [5.74, 6) is 0.764. The zero-order valence-corrected chi connectivity index (χ0v) is 8.98. The quantitative estimate of drug-likeness (QED) is 0.800. The van der Waals surface area contributed by atoms with Crippen molar-refractivity contribution < 1.29 is 4.74 Å². The van der Waals surface area contributed by atoms with E-state index in [2.05, 4.69) is 10.2 Å². The highest BCUT2D eigenvalue weighted by Gasteiger charge is 2.05. The first-order valence-corrected chi connectivity index (χ1v) is 4.83. The van der Waals surface area contributed by atoms with E-state index in [4.69, 9.17) is 16.3 Å². The van der Waals surface area contributed by atoms with E-state index in [0.717, 1.165) is 11.5 Å². The third-order valence-corrected chi connectivity index (χ3v) is 2.25. The Morgan fingerprint density at radius 1 is 1.33 bits per heavy atom. The molecule has 1 heterocycles. The van der Waals surface area contributed by atoms with E-state index < -0.39 is 0 Å². The van der Waals surface area contributed by atoms with Crippen LogP contribution in [0, 0.1) is 0 Å². The highest BCUT2D eigenvalue weighted by atomic mass is 35.5. The Bertz CT molecular complexity index is 438. The van der Waals surface area contributed by atoms with Crippen LogP contribution in [-0.2, 0) is 11.3 Å². The largest absolute Gasteiger partial charge is 0.377 e. The Morgan fingerprint density at radius 2 is 2.07 bits per heavy atom. The molecule has 2 aromatic rings. The van der Waals surface area contributed by atoms with Crippen LogP contribution < -0.4 is 0 Å². The minimum atomic E-state index is 0.433. The van der Waals surface area contributed by atoms with Crippen LogP contribution in [0.4, 0.5) is 0 Å². The number of methoxy groups -OCH3 is 1. The number of rotatable bonds is 3. The van der Waals surface area contributed by atoms with Gasteiger partial charge in [-0.3, -0.25) is 4.57 Å². The van der Waals surface area contributed by atoms with E-state index in [-0.39, 0.29) is 0 Å². The third-order valence-electron chi connectivity index (χ3n) is 2.00. The molecule has 78 valence electrons. The lowest BCUT2D eigenvalue weighted by Crippen LogP contribution is -2.01. The zero-order valence-electron chi connectivity index (χ0n) is 8.22. The van der Waals surface area contributed by atoms with Crippen molar-refractivity contribution in [3.8, 4) is 5.69 Å². The fourth-order valence-electron chi connectivity index (χ4n) is 1.30. The summed E-state index contributed by atoms with van der Waals surface area (Å²) in [6.07, 6.45) is 1.65. The second-order valence-electron chi connectivity index (χ2n) is 3.03. The van der Waals surface area contributed by atoms with E-state index in [1.165, 1.54) is 0 Å². The third kappa shape index (κ3) is 2.16. The molecular formula is C10H10ClN3O. The molecule has 0 fully saturated rings. The molecule has 0 aliphatic carbocycles. The lowest BCUT2D eigenvalue weighted by Gasteiger charge is -2.05. The predicted octanol–water partition coefficient (Wildman–Crippen LogP) is 2.07. The van der Waals surface area contributed by atoms with Gasteiger partial charge in [-0.05, 0) is 24.3 Å². The van der Waals surface area contributed by atoms with Gasteiger partial charge in [-0.1, -0.05) is 11.6 Å². The van der Waals surface area contributed by atoms with Crippen LogP contribution in [0.2, 0.25) is 5.02 Å². The molecule has 0 aliphatic heterocycles. The number of benzene rings is 1. The molecule has 0 N–H and O–H groups in total. The molecule has 0 spiro atoms. The van der Waals surface area contributed by atoms with Crippen molar-refractivity contribution in [2.45, 2.75) is 6.61 Å². The van der Waals surface area contributed by atoms with Crippen LogP contribution in [0.25, 0.3) is 5.69 Å². The van der Waals surface area contributed by atoms with Gasteiger partial charge in [0.2, 0.25) is 0 Å². The number of nitrogens with zero attached hydrogens (tertiary/aromatic N) is 3. The summed E-state index contributed by atoms with van der Waals surface area (Å²) in [5, 5.41) is 8.51. The minimum absolute atomic E-state index is 0.433. The summed E-state index contributed by atoms with van der Waals surface area (Å²) in [6, 6.07) is 7.47. The normalized spacial score (nSPS) is 10.5. The Balaban J connectivity index is 2.36. The van der Waals surface area contributed by atoms with Gasteiger partial charge in [0, 0.05) is 17.8 Å². The molecule has 5 heteroatoms. The number of hydrogen-bond donors (Lipinski definition) is 0. The maximum atomic E-state index is 5.81. The summed E-state index contributed by atoms with van der Waals surface area (Å²) < 4.78 is 6.88. The van der Waals surface area contributed by atoms with Gasteiger partial charge in [0.25, 0.3) is 0 Å². The molecule has 0 saturated carbocycles. The van der Waals surface area contributed by atoms with Gasteiger partial charge in [0.15, 0.2) is 5.82 Å². The molecule has 0 atom stereocenters. The Labute approximate surface area is 92.5 Å². The highest BCUT2D eigenvalue weighted by Crippen LogP contribution is 2.14. The molecule has 15 heavy (non-hydrogen) atoms. The van der Waals surface area contributed by atoms with Crippen molar-refractivity contribution in [3.05, 3.63) is 41.4 Å².